The van der Waals surface area contributed by atoms with Crippen molar-refractivity contribution >= 4 is 32.7 Å². The molecule has 1 aliphatic heterocycles. The summed E-state index contributed by atoms with van der Waals surface area (Å²) in [5, 5.41) is 1.78. The lowest BCUT2D eigenvalue weighted by Gasteiger charge is -2.09. The highest BCUT2D eigenvalue weighted by Gasteiger charge is 2.31. The van der Waals surface area contributed by atoms with Crippen LogP contribution in [0.3, 0.4) is 0 Å². The smallest absolute Gasteiger partial charge is 0.416 e. The van der Waals surface area contributed by atoms with Gasteiger partial charge in [0.25, 0.3) is 0 Å². The number of ether oxygens (including phenoxy) is 2. The Morgan fingerprint density at radius 3 is 2.46 bits per heavy atom. The summed E-state index contributed by atoms with van der Waals surface area (Å²) in [6, 6.07) is 9.62. The fourth-order valence-corrected chi connectivity index (χ4v) is 3.21. The van der Waals surface area contributed by atoms with Gasteiger partial charge in [-0.2, -0.15) is 13.2 Å². The van der Waals surface area contributed by atoms with E-state index in [4.69, 9.17) is 13.9 Å². The number of fused-ring (bicyclic) bond motifs is 5. The average molecular weight is 358 g/mol. The van der Waals surface area contributed by atoms with Crippen molar-refractivity contribution in [3.8, 4) is 11.5 Å². The van der Waals surface area contributed by atoms with E-state index in [1.807, 2.05) is 0 Å². The number of halogens is 3. The number of alkyl halides is 3. The van der Waals surface area contributed by atoms with Gasteiger partial charge in [0.1, 0.15) is 11.2 Å². The van der Waals surface area contributed by atoms with E-state index in [0.717, 1.165) is 23.6 Å². The van der Waals surface area contributed by atoms with E-state index in [2.05, 4.69) is 0 Å². The van der Waals surface area contributed by atoms with Crippen molar-refractivity contribution in [2.75, 3.05) is 6.79 Å². The minimum atomic E-state index is -4.51. The Balaban J connectivity index is 1.87. The van der Waals surface area contributed by atoms with Crippen LogP contribution in [0.15, 0.2) is 51.7 Å². The molecule has 0 bridgehead atoms. The Bertz CT molecular complexity index is 1270. The summed E-state index contributed by atoms with van der Waals surface area (Å²) < 4.78 is 55.2. The molecule has 2 heterocycles. The molecule has 0 unspecified atom stereocenters. The van der Waals surface area contributed by atoms with Crippen LogP contribution in [0.2, 0.25) is 0 Å². The maximum Gasteiger partial charge on any atom is 0.416 e. The molecule has 1 aromatic heterocycles. The van der Waals surface area contributed by atoms with Crippen molar-refractivity contribution in [1.29, 1.82) is 0 Å². The lowest BCUT2D eigenvalue weighted by Crippen LogP contribution is -2.07. The van der Waals surface area contributed by atoms with Gasteiger partial charge in [-0.25, -0.2) is 0 Å². The molecular weight excluding hydrogens is 349 g/mol. The van der Waals surface area contributed by atoms with Gasteiger partial charge < -0.3 is 13.9 Å². The monoisotopic (exact) mass is 358 g/mol. The fraction of sp³-hybridized carbons (Fsp3) is 0.105. The minimum absolute atomic E-state index is 0.0922. The molecule has 3 aromatic carbocycles. The molecule has 4 aromatic rings. The molecule has 130 valence electrons. The Morgan fingerprint density at radius 2 is 1.65 bits per heavy atom. The molecule has 0 spiro atoms. The van der Waals surface area contributed by atoms with Crippen molar-refractivity contribution in [2.24, 2.45) is 0 Å². The Labute approximate surface area is 143 Å². The predicted molar refractivity (Wildman–Crippen MR) is 88.6 cm³/mol. The maximum absolute atomic E-state index is 12.9. The molecule has 0 atom stereocenters. The first-order valence-corrected chi connectivity index (χ1v) is 7.72. The van der Waals surface area contributed by atoms with Crippen LogP contribution in [-0.4, -0.2) is 6.79 Å². The van der Waals surface area contributed by atoms with E-state index >= 15 is 0 Å². The zero-order valence-corrected chi connectivity index (χ0v) is 13.0. The number of hydrogen-bond donors (Lipinski definition) is 0. The van der Waals surface area contributed by atoms with Crippen LogP contribution in [-0.2, 0) is 6.18 Å². The quantitative estimate of drug-likeness (QED) is 0.422. The molecule has 0 saturated carbocycles. The van der Waals surface area contributed by atoms with Crippen LogP contribution in [0, 0.1) is 0 Å². The molecule has 0 aliphatic carbocycles. The summed E-state index contributed by atoms with van der Waals surface area (Å²) in [4.78, 5) is 12.8. The second-order valence-corrected chi connectivity index (χ2v) is 6.01. The lowest BCUT2D eigenvalue weighted by molar-refractivity contribution is -0.137. The van der Waals surface area contributed by atoms with E-state index in [0.29, 0.717) is 16.9 Å². The first kappa shape index (κ1) is 15.1. The van der Waals surface area contributed by atoms with E-state index in [1.165, 1.54) is 0 Å². The third-order valence-electron chi connectivity index (χ3n) is 4.47. The average Bonchev–Trinajstić information content (AvgIpc) is 3.08. The lowest BCUT2D eigenvalue weighted by atomic mass is 10.0. The van der Waals surface area contributed by atoms with Crippen molar-refractivity contribution < 1.29 is 27.1 Å². The third kappa shape index (κ3) is 2.06. The number of benzene rings is 3. The summed E-state index contributed by atoms with van der Waals surface area (Å²) in [6.07, 6.45) is -4.51. The van der Waals surface area contributed by atoms with Crippen LogP contribution in [0.4, 0.5) is 13.2 Å². The second-order valence-electron chi connectivity index (χ2n) is 6.01. The number of hydrogen-bond acceptors (Lipinski definition) is 4. The summed E-state index contributed by atoms with van der Waals surface area (Å²) in [5.74, 6) is 1.12. The van der Waals surface area contributed by atoms with Gasteiger partial charge in [0.05, 0.1) is 16.3 Å². The summed E-state index contributed by atoms with van der Waals surface area (Å²) in [5.41, 5.74) is -1.14. The third-order valence-corrected chi connectivity index (χ3v) is 4.47. The molecule has 1 aliphatic rings. The van der Waals surface area contributed by atoms with Gasteiger partial charge in [-0.05, 0) is 41.8 Å². The highest BCUT2D eigenvalue weighted by molar-refractivity contribution is 6.02. The van der Waals surface area contributed by atoms with Crippen LogP contribution in [0.25, 0.3) is 32.7 Å². The van der Waals surface area contributed by atoms with E-state index < -0.39 is 17.2 Å². The summed E-state index contributed by atoms with van der Waals surface area (Å²) in [6.45, 7) is 0.0963. The molecule has 7 heteroatoms. The molecular formula is C19H9F3O4. The maximum atomic E-state index is 12.9. The molecule has 0 fully saturated rings. The zero-order chi connectivity index (χ0) is 18.1. The highest BCUT2D eigenvalue weighted by Crippen LogP contribution is 2.40. The molecule has 0 saturated heterocycles. The van der Waals surface area contributed by atoms with E-state index in [-0.39, 0.29) is 28.7 Å². The van der Waals surface area contributed by atoms with Gasteiger partial charge >= 0.3 is 6.18 Å². The topological polar surface area (TPSA) is 48.7 Å². The molecule has 4 nitrogen and oxygen atoms in total. The van der Waals surface area contributed by atoms with Gasteiger partial charge in [0.2, 0.25) is 12.2 Å². The molecule has 0 radical (unpaired) electrons. The Kier molecular flexibility index (Phi) is 2.84. The zero-order valence-electron chi connectivity index (χ0n) is 13.0. The van der Waals surface area contributed by atoms with Crippen molar-refractivity contribution in [3.05, 3.63) is 58.3 Å². The van der Waals surface area contributed by atoms with Crippen LogP contribution < -0.4 is 14.9 Å². The first-order valence-electron chi connectivity index (χ1n) is 7.72. The van der Waals surface area contributed by atoms with E-state index in [9.17, 15) is 18.0 Å². The van der Waals surface area contributed by atoms with Crippen molar-refractivity contribution in [2.45, 2.75) is 6.18 Å². The van der Waals surface area contributed by atoms with E-state index in [1.54, 1.807) is 24.3 Å². The summed E-state index contributed by atoms with van der Waals surface area (Å²) >= 11 is 0. The molecule has 26 heavy (non-hydrogen) atoms. The highest BCUT2D eigenvalue weighted by atomic mass is 19.4. The normalized spacial score (nSPS) is 13.8. The minimum Gasteiger partial charge on any atom is -0.456 e. The van der Waals surface area contributed by atoms with Crippen molar-refractivity contribution in [3.63, 3.8) is 0 Å². The Morgan fingerprint density at radius 1 is 0.846 bits per heavy atom. The van der Waals surface area contributed by atoms with Gasteiger partial charge in [0, 0.05) is 5.39 Å². The number of rotatable bonds is 0. The van der Waals surface area contributed by atoms with Crippen molar-refractivity contribution in [1.82, 2.24) is 0 Å². The van der Waals surface area contributed by atoms with Crippen LogP contribution in [0.1, 0.15) is 5.56 Å². The summed E-state index contributed by atoms with van der Waals surface area (Å²) in [7, 11) is 0. The first-order chi connectivity index (χ1) is 12.4. The van der Waals surface area contributed by atoms with Gasteiger partial charge in [0.15, 0.2) is 11.5 Å². The Hall–Kier alpha value is -3.22. The van der Waals surface area contributed by atoms with Gasteiger partial charge in [-0.1, -0.05) is 6.07 Å². The van der Waals surface area contributed by atoms with Crippen LogP contribution >= 0.6 is 0 Å². The second kappa shape index (κ2) is 4.91. The molecule has 5 rings (SSSR count). The fourth-order valence-electron chi connectivity index (χ4n) is 3.21. The van der Waals surface area contributed by atoms with Gasteiger partial charge in [-0.3, -0.25) is 4.79 Å². The van der Waals surface area contributed by atoms with Gasteiger partial charge in [-0.15, -0.1) is 0 Å². The molecule has 0 amide bonds. The van der Waals surface area contributed by atoms with Crippen LogP contribution in [0.5, 0.6) is 11.5 Å². The SMILES string of the molecule is O=c1c2ccc(C(F)(F)F)cc2oc2cc3ccc4c(c3cc12)OCO4. The molecule has 0 N–H and O–H groups in total. The predicted octanol–water partition coefficient (Wildman–Crippen LogP) is 4.85. The largest absolute Gasteiger partial charge is 0.456 e. The standard InChI is InChI=1S/C19H9F3O4/c20-19(21,22)10-2-3-11-16(6-10)26-15-5-9-1-4-14-18(25-8-24-14)12(9)7-13(15)17(11)23/h1-7H,8H2.